The average molecular weight is 348 g/mol. The van der Waals surface area contributed by atoms with Gasteiger partial charge in [0.15, 0.2) is 0 Å². The number of rotatable bonds is 4. The number of nitrogens with zero attached hydrogens (tertiary/aromatic N) is 1. The first kappa shape index (κ1) is 15.6. The molecule has 124 valence electrons. The molecule has 0 saturated carbocycles. The van der Waals surface area contributed by atoms with Crippen LogP contribution < -0.4 is 10.5 Å². The first-order valence-corrected chi connectivity index (χ1v) is 8.84. The van der Waals surface area contributed by atoms with E-state index in [2.05, 4.69) is 4.98 Å². The number of thiophene rings is 1. The van der Waals surface area contributed by atoms with Gasteiger partial charge in [0.1, 0.15) is 15.5 Å². The summed E-state index contributed by atoms with van der Waals surface area (Å²) in [5.41, 5.74) is 8.23. The van der Waals surface area contributed by atoms with Gasteiger partial charge in [-0.15, -0.1) is 11.3 Å². The number of hydrogen-bond donors (Lipinski definition) is 1. The number of anilines is 1. The van der Waals surface area contributed by atoms with Crippen molar-refractivity contribution in [3.63, 3.8) is 0 Å². The van der Waals surface area contributed by atoms with Crippen LogP contribution in [-0.2, 0) is 0 Å². The number of ether oxygens (including phenoxy) is 1. The molecular weight excluding hydrogens is 332 g/mol. The SMILES string of the molecule is CCOc1ccc2cc3c(N)c(C(=O)c4ccccc4)sc3nc2c1. The van der Waals surface area contributed by atoms with E-state index in [0.717, 1.165) is 26.9 Å². The molecule has 0 aliphatic heterocycles. The minimum absolute atomic E-state index is 0.0693. The van der Waals surface area contributed by atoms with Crippen LogP contribution in [0, 0.1) is 0 Å². The number of fused-ring (bicyclic) bond motifs is 2. The molecule has 0 bridgehead atoms. The molecule has 0 aliphatic carbocycles. The van der Waals surface area contributed by atoms with Gasteiger partial charge < -0.3 is 10.5 Å². The van der Waals surface area contributed by atoms with Crippen molar-refractivity contribution in [1.29, 1.82) is 0 Å². The predicted molar refractivity (Wildman–Crippen MR) is 103 cm³/mol. The van der Waals surface area contributed by atoms with Crippen molar-refractivity contribution in [1.82, 2.24) is 4.98 Å². The molecule has 2 aromatic carbocycles. The van der Waals surface area contributed by atoms with Gasteiger partial charge in [-0.05, 0) is 25.1 Å². The lowest BCUT2D eigenvalue weighted by molar-refractivity contribution is 0.104. The standard InChI is InChI=1S/C20H16N2O2S/c1-2-24-14-9-8-13-10-15-17(21)19(25-20(15)22-16(13)11-14)18(23)12-6-4-3-5-7-12/h3-11H,2,21H2,1H3. The van der Waals surface area contributed by atoms with Gasteiger partial charge in [-0.1, -0.05) is 30.3 Å². The third-order valence-corrected chi connectivity index (χ3v) is 5.15. The van der Waals surface area contributed by atoms with Crippen LogP contribution in [0.5, 0.6) is 5.75 Å². The van der Waals surface area contributed by atoms with E-state index in [-0.39, 0.29) is 5.78 Å². The van der Waals surface area contributed by atoms with Crippen molar-refractivity contribution in [2.24, 2.45) is 0 Å². The third-order valence-electron chi connectivity index (χ3n) is 4.04. The lowest BCUT2D eigenvalue weighted by Gasteiger charge is -2.04. The maximum absolute atomic E-state index is 12.8. The number of hydrogen-bond acceptors (Lipinski definition) is 5. The van der Waals surface area contributed by atoms with E-state index >= 15 is 0 Å². The summed E-state index contributed by atoms with van der Waals surface area (Å²) in [7, 11) is 0. The number of carbonyl (C=O) groups is 1. The highest BCUT2D eigenvalue weighted by Gasteiger charge is 2.19. The van der Waals surface area contributed by atoms with Gasteiger partial charge in [0.2, 0.25) is 5.78 Å². The summed E-state index contributed by atoms with van der Waals surface area (Å²) in [6.07, 6.45) is 0. The number of nitrogen functional groups attached to an aromatic ring is 1. The number of aromatic nitrogens is 1. The maximum atomic E-state index is 12.8. The number of pyridine rings is 1. The van der Waals surface area contributed by atoms with E-state index in [1.54, 1.807) is 12.1 Å². The zero-order valence-electron chi connectivity index (χ0n) is 13.7. The van der Waals surface area contributed by atoms with Crippen molar-refractivity contribution in [3.8, 4) is 5.75 Å². The van der Waals surface area contributed by atoms with Gasteiger partial charge in [0.05, 0.1) is 17.8 Å². The second kappa shape index (κ2) is 6.18. The average Bonchev–Trinajstić information content (AvgIpc) is 2.96. The van der Waals surface area contributed by atoms with Crippen LogP contribution in [0.3, 0.4) is 0 Å². The van der Waals surface area contributed by atoms with E-state index in [1.807, 2.05) is 49.4 Å². The first-order valence-electron chi connectivity index (χ1n) is 8.02. The molecule has 0 atom stereocenters. The molecule has 0 fully saturated rings. The Bertz CT molecular complexity index is 1090. The molecular formula is C20H16N2O2S. The van der Waals surface area contributed by atoms with E-state index in [0.29, 0.717) is 22.7 Å². The summed E-state index contributed by atoms with van der Waals surface area (Å²) in [6, 6.07) is 16.9. The van der Waals surface area contributed by atoms with E-state index in [1.165, 1.54) is 11.3 Å². The Morgan fingerprint density at radius 3 is 2.72 bits per heavy atom. The van der Waals surface area contributed by atoms with Crippen LogP contribution in [-0.4, -0.2) is 17.4 Å². The predicted octanol–water partition coefficient (Wildman–Crippen LogP) is 4.66. The van der Waals surface area contributed by atoms with Gasteiger partial charge in [-0.3, -0.25) is 4.79 Å². The van der Waals surface area contributed by atoms with E-state index in [9.17, 15) is 4.79 Å². The Labute approximate surface area is 148 Å². The van der Waals surface area contributed by atoms with Crippen molar-refractivity contribution in [3.05, 3.63) is 65.0 Å². The summed E-state index contributed by atoms with van der Waals surface area (Å²) >= 11 is 1.33. The molecule has 0 spiro atoms. The number of benzene rings is 2. The lowest BCUT2D eigenvalue weighted by Crippen LogP contribution is -2.01. The fourth-order valence-electron chi connectivity index (χ4n) is 2.82. The maximum Gasteiger partial charge on any atom is 0.205 e. The molecule has 0 saturated heterocycles. The molecule has 5 heteroatoms. The van der Waals surface area contributed by atoms with Crippen LogP contribution in [0.4, 0.5) is 5.69 Å². The highest BCUT2D eigenvalue weighted by atomic mass is 32.1. The van der Waals surface area contributed by atoms with Crippen molar-refractivity contribution in [2.75, 3.05) is 12.3 Å². The normalized spacial score (nSPS) is 11.1. The third kappa shape index (κ3) is 2.72. The van der Waals surface area contributed by atoms with Gasteiger partial charge in [-0.25, -0.2) is 4.98 Å². The summed E-state index contributed by atoms with van der Waals surface area (Å²) < 4.78 is 5.54. The zero-order chi connectivity index (χ0) is 17.4. The van der Waals surface area contributed by atoms with Gasteiger partial charge in [0.25, 0.3) is 0 Å². The Morgan fingerprint density at radius 1 is 1.16 bits per heavy atom. The Kier molecular flexibility index (Phi) is 3.86. The number of ketones is 1. The number of nitrogens with two attached hydrogens (primary N) is 1. The fraction of sp³-hybridized carbons (Fsp3) is 0.100. The number of carbonyl (C=O) groups excluding carboxylic acids is 1. The lowest BCUT2D eigenvalue weighted by atomic mass is 10.1. The Morgan fingerprint density at radius 2 is 1.96 bits per heavy atom. The highest BCUT2D eigenvalue weighted by molar-refractivity contribution is 7.21. The highest BCUT2D eigenvalue weighted by Crippen LogP contribution is 2.36. The molecule has 4 aromatic rings. The molecule has 2 aromatic heterocycles. The Balaban J connectivity index is 1.86. The first-order chi connectivity index (χ1) is 12.2. The molecule has 0 radical (unpaired) electrons. The zero-order valence-corrected chi connectivity index (χ0v) is 14.5. The van der Waals surface area contributed by atoms with Crippen LogP contribution in [0.25, 0.3) is 21.1 Å². The molecule has 2 heterocycles. The molecule has 2 N–H and O–H groups in total. The van der Waals surface area contributed by atoms with Crippen molar-refractivity contribution >= 4 is 43.9 Å². The van der Waals surface area contributed by atoms with Crippen LogP contribution in [0.15, 0.2) is 54.6 Å². The molecule has 4 nitrogen and oxygen atoms in total. The summed E-state index contributed by atoms with van der Waals surface area (Å²) in [6.45, 7) is 2.55. The smallest absolute Gasteiger partial charge is 0.205 e. The van der Waals surface area contributed by atoms with Gasteiger partial charge >= 0.3 is 0 Å². The largest absolute Gasteiger partial charge is 0.494 e. The second-order valence-corrected chi connectivity index (χ2v) is 6.67. The van der Waals surface area contributed by atoms with Crippen LogP contribution in [0.2, 0.25) is 0 Å². The fourth-order valence-corrected chi connectivity index (χ4v) is 3.87. The monoisotopic (exact) mass is 348 g/mol. The minimum Gasteiger partial charge on any atom is -0.494 e. The van der Waals surface area contributed by atoms with Crippen LogP contribution >= 0.6 is 11.3 Å². The quantitative estimate of drug-likeness (QED) is 0.545. The topological polar surface area (TPSA) is 65.2 Å². The molecule has 25 heavy (non-hydrogen) atoms. The van der Waals surface area contributed by atoms with Gasteiger partial charge in [-0.2, -0.15) is 0 Å². The second-order valence-electron chi connectivity index (χ2n) is 5.67. The van der Waals surface area contributed by atoms with Crippen molar-refractivity contribution in [2.45, 2.75) is 6.92 Å². The molecule has 0 unspecified atom stereocenters. The summed E-state index contributed by atoms with van der Waals surface area (Å²) in [5.74, 6) is 0.715. The molecule has 0 aliphatic rings. The molecule has 4 rings (SSSR count). The van der Waals surface area contributed by atoms with E-state index < -0.39 is 0 Å². The molecule has 0 amide bonds. The summed E-state index contributed by atoms with van der Waals surface area (Å²) in [4.78, 5) is 18.7. The van der Waals surface area contributed by atoms with Gasteiger partial charge in [0, 0.05) is 22.4 Å². The van der Waals surface area contributed by atoms with Crippen molar-refractivity contribution < 1.29 is 9.53 Å². The minimum atomic E-state index is -0.0693. The summed E-state index contributed by atoms with van der Waals surface area (Å²) in [5, 5.41) is 1.79. The van der Waals surface area contributed by atoms with E-state index in [4.69, 9.17) is 10.5 Å². The Hall–Kier alpha value is -2.92. The van der Waals surface area contributed by atoms with Crippen LogP contribution in [0.1, 0.15) is 22.2 Å².